The minimum atomic E-state index is 0.172. The largest absolute Gasteiger partial charge is 0.394 e. The first-order chi connectivity index (χ1) is 5.15. The first-order valence-corrected chi connectivity index (χ1v) is 4.62. The van der Waals surface area contributed by atoms with Crippen molar-refractivity contribution < 1.29 is 5.11 Å². The second-order valence-electron chi connectivity index (χ2n) is 3.17. The predicted octanol–water partition coefficient (Wildman–Crippen LogP) is 1.21. The van der Waals surface area contributed by atoms with E-state index in [-0.39, 0.29) is 12.6 Å². The van der Waals surface area contributed by atoms with Crippen LogP contribution < -0.4 is 0 Å². The molecule has 0 aromatic rings. The van der Waals surface area contributed by atoms with Crippen molar-refractivity contribution in [3.8, 4) is 0 Å². The van der Waals surface area contributed by atoms with Crippen LogP contribution in [0.4, 0.5) is 0 Å². The van der Waals surface area contributed by atoms with Crippen molar-refractivity contribution in [1.29, 1.82) is 0 Å². The molecule has 1 heterocycles. The Labute approximate surface area is 76.0 Å². The third-order valence-corrected chi connectivity index (χ3v) is 2.84. The van der Waals surface area contributed by atoms with Gasteiger partial charge < -0.3 is 5.11 Å². The molecule has 1 N–H and O–H groups in total. The van der Waals surface area contributed by atoms with Crippen LogP contribution in [0.1, 0.15) is 6.92 Å². The first-order valence-electron chi connectivity index (χ1n) is 3.83. The number of aliphatic hydroxyl groups is 1. The highest BCUT2D eigenvalue weighted by atomic mass is 79.9. The lowest BCUT2D eigenvalue weighted by molar-refractivity contribution is 0.158. The summed E-state index contributed by atoms with van der Waals surface area (Å²) in [7, 11) is 2.03. The quantitative estimate of drug-likeness (QED) is 0.717. The van der Waals surface area contributed by atoms with Crippen molar-refractivity contribution in [2.45, 2.75) is 13.0 Å². The number of nitrogens with zero attached hydrogens (tertiary/aromatic N) is 1. The second-order valence-corrected chi connectivity index (χ2v) is 4.08. The molecular formula is C8H14BrNO. The van der Waals surface area contributed by atoms with Gasteiger partial charge in [0.15, 0.2) is 0 Å². The molecule has 64 valence electrons. The molecule has 2 atom stereocenters. The molecule has 0 radical (unpaired) electrons. The maximum atomic E-state index is 9.01. The molecule has 3 heteroatoms. The fraction of sp³-hybridized carbons (Fsp3) is 0.750. The summed E-state index contributed by atoms with van der Waals surface area (Å²) in [6.45, 7) is 3.39. The topological polar surface area (TPSA) is 23.5 Å². The van der Waals surface area contributed by atoms with E-state index in [4.69, 9.17) is 5.11 Å². The SMILES string of the molecule is CC1C=C(Br)C(CO)N(C)C1. The molecule has 0 aromatic carbocycles. The smallest absolute Gasteiger partial charge is 0.0641 e. The van der Waals surface area contributed by atoms with Gasteiger partial charge in [0.2, 0.25) is 0 Å². The first kappa shape index (κ1) is 9.23. The third kappa shape index (κ3) is 2.04. The van der Waals surface area contributed by atoms with Crippen LogP contribution in [0.3, 0.4) is 0 Å². The minimum Gasteiger partial charge on any atom is -0.394 e. The molecule has 11 heavy (non-hydrogen) atoms. The molecule has 0 bridgehead atoms. The van der Waals surface area contributed by atoms with Crippen LogP contribution in [-0.4, -0.2) is 36.2 Å². The van der Waals surface area contributed by atoms with Gasteiger partial charge in [-0.25, -0.2) is 0 Å². The maximum absolute atomic E-state index is 9.01. The molecule has 1 aliphatic rings. The van der Waals surface area contributed by atoms with Gasteiger partial charge >= 0.3 is 0 Å². The zero-order chi connectivity index (χ0) is 8.43. The lowest BCUT2D eigenvalue weighted by atomic mass is 10.0. The molecule has 1 aliphatic heterocycles. The molecule has 1 rings (SSSR count). The summed E-state index contributed by atoms with van der Waals surface area (Å²) in [4.78, 5) is 2.16. The summed E-state index contributed by atoms with van der Waals surface area (Å²) in [6.07, 6.45) is 2.17. The van der Waals surface area contributed by atoms with E-state index in [0.29, 0.717) is 5.92 Å². The van der Waals surface area contributed by atoms with Crippen LogP contribution in [0.5, 0.6) is 0 Å². The zero-order valence-electron chi connectivity index (χ0n) is 6.92. The van der Waals surface area contributed by atoms with E-state index in [2.05, 4.69) is 33.8 Å². The number of aliphatic hydroxyl groups excluding tert-OH is 1. The van der Waals surface area contributed by atoms with Crippen LogP contribution in [-0.2, 0) is 0 Å². The predicted molar refractivity (Wildman–Crippen MR) is 49.7 cm³/mol. The summed E-state index contributed by atoms with van der Waals surface area (Å²) >= 11 is 3.46. The minimum absolute atomic E-state index is 0.172. The summed E-state index contributed by atoms with van der Waals surface area (Å²) in [5, 5.41) is 9.01. The molecule has 2 nitrogen and oxygen atoms in total. The highest BCUT2D eigenvalue weighted by Crippen LogP contribution is 2.23. The van der Waals surface area contributed by atoms with Crippen LogP contribution in [0.15, 0.2) is 10.6 Å². The summed E-state index contributed by atoms with van der Waals surface area (Å²) in [6, 6.07) is 0.172. The van der Waals surface area contributed by atoms with E-state index in [1.807, 2.05) is 7.05 Å². The van der Waals surface area contributed by atoms with Crippen LogP contribution in [0.25, 0.3) is 0 Å². The van der Waals surface area contributed by atoms with Crippen molar-refractivity contribution in [2.75, 3.05) is 20.2 Å². The third-order valence-electron chi connectivity index (χ3n) is 2.04. The molecule has 2 unspecified atom stereocenters. The summed E-state index contributed by atoms with van der Waals surface area (Å²) in [5.74, 6) is 0.581. The number of hydrogen-bond donors (Lipinski definition) is 1. The van der Waals surface area contributed by atoms with E-state index < -0.39 is 0 Å². The Hall–Kier alpha value is 0.140. The molecule has 0 saturated carbocycles. The van der Waals surface area contributed by atoms with E-state index in [9.17, 15) is 0 Å². The highest BCUT2D eigenvalue weighted by molar-refractivity contribution is 9.11. The monoisotopic (exact) mass is 219 g/mol. The maximum Gasteiger partial charge on any atom is 0.0641 e. The lowest BCUT2D eigenvalue weighted by Crippen LogP contribution is -2.40. The van der Waals surface area contributed by atoms with E-state index in [1.165, 1.54) is 0 Å². The van der Waals surface area contributed by atoms with Crippen LogP contribution >= 0.6 is 15.9 Å². The summed E-state index contributed by atoms with van der Waals surface area (Å²) < 4.78 is 1.11. The Morgan fingerprint density at radius 1 is 1.82 bits per heavy atom. The fourth-order valence-corrected chi connectivity index (χ4v) is 2.40. The Kier molecular flexibility index (Phi) is 3.10. The van der Waals surface area contributed by atoms with Crippen molar-refractivity contribution in [2.24, 2.45) is 5.92 Å². The number of likely N-dealkylation sites (N-methyl/N-ethyl adjacent to an activating group) is 1. The van der Waals surface area contributed by atoms with Crippen molar-refractivity contribution >= 4 is 15.9 Å². The Balaban J connectivity index is 2.71. The molecule has 0 aromatic heterocycles. The molecule has 0 saturated heterocycles. The standard InChI is InChI=1S/C8H14BrNO/c1-6-3-7(9)8(5-11)10(2)4-6/h3,6,8,11H,4-5H2,1-2H3. The van der Waals surface area contributed by atoms with Gasteiger partial charge in [0, 0.05) is 11.0 Å². The highest BCUT2D eigenvalue weighted by Gasteiger charge is 2.22. The lowest BCUT2D eigenvalue weighted by Gasteiger charge is -2.32. The zero-order valence-corrected chi connectivity index (χ0v) is 8.50. The van der Waals surface area contributed by atoms with Gasteiger partial charge in [0.1, 0.15) is 0 Å². The van der Waals surface area contributed by atoms with E-state index in [1.54, 1.807) is 0 Å². The molecular weight excluding hydrogens is 206 g/mol. The average Bonchev–Trinajstić information content (AvgIpc) is 1.85. The van der Waals surface area contributed by atoms with Gasteiger partial charge in [-0.3, -0.25) is 4.90 Å². The van der Waals surface area contributed by atoms with Gasteiger partial charge in [-0.2, -0.15) is 0 Å². The van der Waals surface area contributed by atoms with E-state index in [0.717, 1.165) is 11.0 Å². The average molecular weight is 220 g/mol. The van der Waals surface area contributed by atoms with Crippen molar-refractivity contribution in [3.63, 3.8) is 0 Å². The molecule has 0 aliphatic carbocycles. The second kappa shape index (κ2) is 3.70. The Bertz CT molecular complexity index is 169. The van der Waals surface area contributed by atoms with Gasteiger partial charge in [0.25, 0.3) is 0 Å². The van der Waals surface area contributed by atoms with Gasteiger partial charge in [-0.1, -0.05) is 28.9 Å². The van der Waals surface area contributed by atoms with Gasteiger partial charge in [0.05, 0.1) is 12.6 Å². The Morgan fingerprint density at radius 3 is 2.91 bits per heavy atom. The number of hydrogen-bond acceptors (Lipinski definition) is 2. The fourth-order valence-electron chi connectivity index (χ4n) is 1.45. The number of halogens is 1. The normalized spacial score (nSPS) is 33.6. The van der Waals surface area contributed by atoms with Crippen molar-refractivity contribution in [1.82, 2.24) is 4.90 Å². The van der Waals surface area contributed by atoms with Crippen LogP contribution in [0.2, 0.25) is 0 Å². The summed E-state index contributed by atoms with van der Waals surface area (Å²) in [5.41, 5.74) is 0. The molecule has 0 amide bonds. The molecule has 0 spiro atoms. The van der Waals surface area contributed by atoms with Crippen molar-refractivity contribution in [3.05, 3.63) is 10.6 Å². The van der Waals surface area contributed by atoms with Gasteiger partial charge in [-0.05, 0) is 13.0 Å². The van der Waals surface area contributed by atoms with Crippen LogP contribution in [0, 0.1) is 5.92 Å². The number of rotatable bonds is 1. The Morgan fingerprint density at radius 2 is 2.45 bits per heavy atom. The molecule has 0 fully saturated rings. The van der Waals surface area contributed by atoms with Gasteiger partial charge in [-0.15, -0.1) is 0 Å². The van der Waals surface area contributed by atoms with E-state index >= 15 is 0 Å².